The van der Waals surface area contributed by atoms with E-state index in [-0.39, 0.29) is 0 Å². The number of benzene rings is 3. The van der Waals surface area contributed by atoms with Gasteiger partial charge in [0.15, 0.2) is 0 Å². The summed E-state index contributed by atoms with van der Waals surface area (Å²) in [5.74, 6) is 0.386. The average Bonchev–Trinajstić information content (AvgIpc) is 2.61. The molecule has 0 aliphatic heterocycles. The summed E-state index contributed by atoms with van der Waals surface area (Å²) < 4.78 is 0. The lowest BCUT2D eigenvalue weighted by Gasteiger charge is -2.11. The summed E-state index contributed by atoms with van der Waals surface area (Å²) in [6.45, 7) is 3.89. The Morgan fingerprint density at radius 2 is 1.38 bits per heavy atom. The maximum absolute atomic E-state index is 10.00. The number of phenolic OH excluding ortho intramolecular Hbond substituents is 1. The molecule has 1 nitrogen and oxygen atoms in total. The van der Waals surface area contributed by atoms with Crippen molar-refractivity contribution in [1.82, 2.24) is 0 Å². The molecule has 0 spiro atoms. The number of aryl methyl sites for hydroxylation is 2. The van der Waals surface area contributed by atoms with E-state index in [0.29, 0.717) is 5.75 Å². The summed E-state index contributed by atoms with van der Waals surface area (Å²) in [5.41, 5.74) is 6.73. The maximum atomic E-state index is 10.00. The Balaban J connectivity index is 2.04. The molecule has 0 saturated heterocycles. The molecule has 120 valence electrons. The van der Waals surface area contributed by atoms with Crippen molar-refractivity contribution in [3.63, 3.8) is 0 Å². The van der Waals surface area contributed by atoms with Crippen LogP contribution in [-0.4, -0.2) is 5.11 Å². The van der Waals surface area contributed by atoms with Crippen molar-refractivity contribution in [2.75, 3.05) is 0 Å². The molecule has 0 fully saturated rings. The Kier molecular flexibility index (Phi) is 4.81. The SMILES string of the molecule is Cc1cc(/C=C(/Cc2ccccc2)c2ccccc2)cc(C)c1O. The Labute approximate surface area is 143 Å². The first-order valence-corrected chi connectivity index (χ1v) is 8.23. The minimum absolute atomic E-state index is 0.386. The van der Waals surface area contributed by atoms with Gasteiger partial charge in [0.2, 0.25) is 0 Å². The van der Waals surface area contributed by atoms with Crippen molar-refractivity contribution in [2.45, 2.75) is 20.3 Å². The van der Waals surface area contributed by atoms with Crippen molar-refractivity contribution in [2.24, 2.45) is 0 Å². The van der Waals surface area contributed by atoms with Gasteiger partial charge in [0, 0.05) is 0 Å². The Hall–Kier alpha value is -2.80. The smallest absolute Gasteiger partial charge is 0.121 e. The summed E-state index contributed by atoms with van der Waals surface area (Å²) in [6.07, 6.45) is 3.10. The number of aromatic hydroxyl groups is 1. The Morgan fingerprint density at radius 3 is 1.96 bits per heavy atom. The largest absolute Gasteiger partial charge is 0.507 e. The van der Waals surface area contributed by atoms with Gasteiger partial charge >= 0.3 is 0 Å². The highest BCUT2D eigenvalue weighted by molar-refractivity contribution is 5.83. The molecule has 0 aliphatic rings. The third kappa shape index (κ3) is 3.75. The van der Waals surface area contributed by atoms with Crippen LogP contribution in [0.25, 0.3) is 11.6 Å². The van der Waals surface area contributed by atoms with Crippen LogP contribution in [-0.2, 0) is 6.42 Å². The van der Waals surface area contributed by atoms with E-state index in [0.717, 1.165) is 23.1 Å². The number of phenols is 1. The van der Waals surface area contributed by atoms with Crippen molar-refractivity contribution in [3.8, 4) is 5.75 Å². The molecule has 0 heterocycles. The predicted octanol–water partition coefficient (Wildman–Crippen LogP) is 5.79. The lowest BCUT2D eigenvalue weighted by atomic mass is 9.95. The molecular weight excluding hydrogens is 292 g/mol. The molecule has 24 heavy (non-hydrogen) atoms. The monoisotopic (exact) mass is 314 g/mol. The molecular formula is C23H22O. The minimum atomic E-state index is 0.386. The van der Waals surface area contributed by atoms with E-state index < -0.39 is 0 Å². The van der Waals surface area contributed by atoms with E-state index in [9.17, 15) is 5.11 Å². The zero-order valence-corrected chi connectivity index (χ0v) is 14.2. The van der Waals surface area contributed by atoms with Crippen LogP contribution in [0.2, 0.25) is 0 Å². The molecule has 0 atom stereocenters. The molecule has 0 unspecified atom stereocenters. The molecule has 1 N–H and O–H groups in total. The summed E-state index contributed by atoms with van der Waals surface area (Å²) in [7, 11) is 0. The second-order valence-corrected chi connectivity index (χ2v) is 6.20. The highest BCUT2D eigenvalue weighted by atomic mass is 16.3. The number of allylic oxidation sites excluding steroid dienone is 1. The zero-order chi connectivity index (χ0) is 16.9. The van der Waals surface area contributed by atoms with Crippen LogP contribution < -0.4 is 0 Å². The number of rotatable bonds is 4. The van der Waals surface area contributed by atoms with Crippen molar-refractivity contribution in [1.29, 1.82) is 0 Å². The van der Waals surface area contributed by atoms with Crippen molar-refractivity contribution in [3.05, 3.63) is 101 Å². The summed E-state index contributed by atoms with van der Waals surface area (Å²) in [5, 5.41) is 10.00. The second kappa shape index (κ2) is 7.18. The fraction of sp³-hybridized carbons (Fsp3) is 0.130. The molecule has 3 aromatic carbocycles. The number of hydrogen-bond donors (Lipinski definition) is 1. The molecule has 0 aromatic heterocycles. The lowest BCUT2D eigenvalue weighted by Crippen LogP contribution is -1.92. The quantitative estimate of drug-likeness (QED) is 0.604. The standard InChI is InChI=1S/C23H22O/c1-17-13-20(14-18(2)23(17)24)16-22(21-11-7-4-8-12-21)15-19-9-5-3-6-10-19/h3-14,16,24H,15H2,1-2H3/b22-16-. The van der Waals surface area contributed by atoms with Gasteiger partial charge in [-0.15, -0.1) is 0 Å². The van der Waals surface area contributed by atoms with Gasteiger partial charge < -0.3 is 5.11 Å². The molecule has 1 heteroatoms. The van der Waals surface area contributed by atoms with E-state index in [1.165, 1.54) is 16.7 Å². The van der Waals surface area contributed by atoms with Crippen LogP contribution in [0.15, 0.2) is 72.8 Å². The van der Waals surface area contributed by atoms with Crippen LogP contribution in [0.1, 0.15) is 27.8 Å². The molecule has 0 amide bonds. The van der Waals surface area contributed by atoms with Gasteiger partial charge in [-0.05, 0) is 65.8 Å². The molecule has 3 rings (SSSR count). The van der Waals surface area contributed by atoms with Gasteiger partial charge in [0.1, 0.15) is 5.75 Å². The van der Waals surface area contributed by atoms with E-state index in [4.69, 9.17) is 0 Å². The summed E-state index contributed by atoms with van der Waals surface area (Å²) in [4.78, 5) is 0. The Morgan fingerprint density at radius 1 is 0.833 bits per heavy atom. The van der Waals surface area contributed by atoms with Gasteiger partial charge in [-0.25, -0.2) is 0 Å². The first kappa shape index (κ1) is 16.1. The van der Waals surface area contributed by atoms with E-state index in [1.807, 2.05) is 38.1 Å². The maximum Gasteiger partial charge on any atom is 0.121 e. The second-order valence-electron chi connectivity index (χ2n) is 6.20. The molecule has 0 radical (unpaired) electrons. The number of hydrogen-bond acceptors (Lipinski definition) is 1. The molecule has 3 aromatic rings. The van der Waals surface area contributed by atoms with Gasteiger partial charge in [0.25, 0.3) is 0 Å². The third-order valence-electron chi connectivity index (χ3n) is 4.24. The van der Waals surface area contributed by atoms with Gasteiger partial charge in [-0.1, -0.05) is 66.7 Å². The van der Waals surface area contributed by atoms with Crippen LogP contribution in [0.3, 0.4) is 0 Å². The van der Waals surface area contributed by atoms with Crippen LogP contribution in [0.5, 0.6) is 5.75 Å². The van der Waals surface area contributed by atoms with Crippen LogP contribution >= 0.6 is 0 Å². The topological polar surface area (TPSA) is 20.2 Å². The summed E-state index contributed by atoms with van der Waals surface area (Å²) >= 11 is 0. The zero-order valence-electron chi connectivity index (χ0n) is 14.2. The van der Waals surface area contributed by atoms with E-state index in [2.05, 4.69) is 54.6 Å². The van der Waals surface area contributed by atoms with Gasteiger partial charge in [-0.2, -0.15) is 0 Å². The lowest BCUT2D eigenvalue weighted by molar-refractivity contribution is 0.467. The highest BCUT2D eigenvalue weighted by Crippen LogP contribution is 2.27. The third-order valence-corrected chi connectivity index (χ3v) is 4.24. The van der Waals surface area contributed by atoms with Crippen molar-refractivity contribution >= 4 is 11.6 Å². The first-order valence-electron chi connectivity index (χ1n) is 8.23. The van der Waals surface area contributed by atoms with E-state index in [1.54, 1.807) is 0 Å². The minimum Gasteiger partial charge on any atom is -0.507 e. The van der Waals surface area contributed by atoms with Crippen LogP contribution in [0, 0.1) is 13.8 Å². The van der Waals surface area contributed by atoms with E-state index >= 15 is 0 Å². The van der Waals surface area contributed by atoms with Crippen LogP contribution in [0.4, 0.5) is 0 Å². The molecule has 0 bridgehead atoms. The molecule has 0 aliphatic carbocycles. The van der Waals surface area contributed by atoms with Crippen molar-refractivity contribution < 1.29 is 5.11 Å². The highest BCUT2D eigenvalue weighted by Gasteiger charge is 2.06. The Bertz CT molecular complexity index is 823. The van der Waals surface area contributed by atoms with Gasteiger partial charge in [0.05, 0.1) is 0 Å². The fourth-order valence-electron chi connectivity index (χ4n) is 2.98. The normalized spacial score (nSPS) is 11.5. The fourth-order valence-corrected chi connectivity index (χ4v) is 2.98. The van der Waals surface area contributed by atoms with Gasteiger partial charge in [-0.3, -0.25) is 0 Å². The predicted molar refractivity (Wildman–Crippen MR) is 102 cm³/mol. The first-order chi connectivity index (χ1) is 11.6. The summed E-state index contributed by atoms with van der Waals surface area (Å²) in [6, 6.07) is 25.1. The average molecular weight is 314 g/mol. The molecule has 0 saturated carbocycles.